The molecule has 0 unspecified atom stereocenters. The summed E-state index contributed by atoms with van der Waals surface area (Å²) in [6, 6.07) is 15.6. The van der Waals surface area contributed by atoms with Crippen LogP contribution in [0.1, 0.15) is 11.1 Å². The number of rotatable bonds is 6. The van der Waals surface area contributed by atoms with Crippen molar-refractivity contribution >= 4 is 23.2 Å². The van der Waals surface area contributed by atoms with Crippen LogP contribution in [0.4, 0.5) is 11.4 Å². The first-order chi connectivity index (χ1) is 13.5. The van der Waals surface area contributed by atoms with Crippen LogP contribution >= 0.6 is 0 Å². The van der Waals surface area contributed by atoms with Gasteiger partial charge in [0.15, 0.2) is 0 Å². The average Bonchev–Trinajstić information content (AvgIpc) is 2.71. The van der Waals surface area contributed by atoms with E-state index in [0.29, 0.717) is 6.42 Å². The van der Waals surface area contributed by atoms with Gasteiger partial charge in [-0.2, -0.15) is 0 Å². The molecule has 2 aromatic carbocycles. The van der Waals surface area contributed by atoms with Crippen molar-refractivity contribution in [2.45, 2.75) is 13.3 Å². The number of nitrogens with one attached hydrogen (secondary N) is 1. The van der Waals surface area contributed by atoms with E-state index in [4.69, 9.17) is 4.74 Å². The van der Waals surface area contributed by atoms with Crippen molar-refractivity contribution in [3.05, 3.63) is 59.7 Å². The number of hydrogen-bond acceptors (Lipinski definition) is 4. The first-order valence-electron chi connectivity index (χ1n) is 9.54. The van der Waals surface area contributed by atoms with Crippen molar-refractivity contribution in [1.29, 1.82) is 0 Å². The monoisotopic (exact) mass is 381 g/mol. The molecule has 0 aliphatic carbocycles. The zero-order chi connectivity index (χ0) is 19.9. The Bertz CT molecular complexity index is 814. The molecular formula is C22H27N3O3. The van der Waals surface area contributed by atoms with Crippen LogP contribution in [0, 0.1) is 6.92 Å². The molecule has 1 saturated heterocycles. The number of carbonyl (C=O) groups is 2. The highest BCUT2D eigenvalue weighted by molar-refractivity contribution is 5.94. The molecule has 0 bridgehead atoms. The fourth-order valence-corrected chi connectivity index (χ4v) is 3.19. The number of amides is 2. The maximum absolute atomic E-state index is 12.4. The predicted molar refractivity (Wildman–Crippen MR) is 111 cm³/mol. The summed E-state index contributed by atoms with van der Waals surface area (Å²) in [5.74, 6) is -0.285. The number of morpholine rings is 1. The van der Waals surface area contributed by atoms with Crippen LogP contribution in [-0.2, 0) is 20.7 Å². The van der Waals surface area contributed by atoms with Gasteiger partial charge in [0, 0.05) is 31.5 Å². The molecule has 1 N–H and O–H groups in total. The van der Waals surface area contributed by atoms with E-state index in [2.05, 4.69) is 10.2 Å². The third-order valence-electron chi connectivity index (χ3n) is 4.94. The van der Waals surface area contributed by atoms with Gasteiger partial charge >= 0.3 is 0 Å². The molecule has 2 aromatic rings. The summed E-state index contributed by atoms with van der Waals surface area (Å²) in [4.78, 5) is 28.4. The van der Waals surface area contributed by atoms with Gasteiger partial charge in [-0.1, -0.05) is 24.3 Å². The molecule has 2 amide bonds. The van der Waals surface area contributed by atoms with E-state index in [1.807, 2.05) is 55.5 Å². The van der Waals surface area contributed by atoms with E-state index < -0.39 is 0 Å². The minimum Gasteiger partial charge on any atom is -0.378 e. The Morgan fingerprint density at radius 2 is 1.75 bits per heavy atom. The zero-order valence-electron chi connectivity index (χ0n) is 16.5. The summed E-state index contributed by atoms with van der Waals surface area (Å²) in [6.07, 6.45) is 0.296. The molecule has 0 spiro atoms. The van der Waals surface area contributed by atoms with Crippen molar-refractivity contribution in [2.75, 3.05) is 50.1 Å². The smallest absolute Gasteiger partial charge is 0.243 e. The van der Waals surface area contributed by atoms with Gasteiger partial charge in [-0.15, -0.1) is 0 Å². The number of benzene rings is 2. The van der Waals surface area contributed by atoms with Crippen LogP contribution in [0.5, 0.6) is 0 Å². The maximum atomic E-state index is 12.4. The van der Waals surface area contributed by atoms with E-state index in [-0.39, 0.29) is 18.4 Å². The molecule has 0 aromatic heterocycles. The quantitative estimate of drug-likeness (QED) is 0.835. The van der Waals surface area contributed by atoms with Gasteiger partial charge < -0.3 is 19.9 Å². The van der Waals surface area contributed by atoms with Gasteiger partial charge in [-0.05, 0) is 42.3 Å². The van der Waals surface area contributed by atoms with Crippen molar-refractivity contribution < 1.29 is 14.3 Å². The summed E-state index contributed by atoms with van der Waals surface area (Å²) in [7, 11) is 1.65. The van der Waals surface area contributed by atoms with E-state index in [0.717, 1.165) is 48.8 Å². The van der Waals surface area contributed by atoms with Gasteiger partial charge in [-0.25, -0.2) is 0 Å². The molecule has 3 rings (SSSR count). The fourth-order valence-electron chi connectivity index (χ4n) is 3.19. The van der Waals surface area contributed by atoms with Crippen LogP contribution < -0.4 is 10.2 Å². The summed E-state index contributed by atoms with van der Waals surface area (Å²) in [5, 5.41) is 2.86. The van der Waals surface area contributed by atoms with Crippen molar-refractivity contribution in [3.8, 4) is 0 Å². The Morgan fingerprint density at radius 3 is 2.43 bits per heavy atom. The SMILES string of the molecule is Cc1ccccc1CC(=O)N(C)CC(=O)Nc1ccc(N2CCOCC2)cc1. The van der Waals surface area contributed by atoms with Crippen LogP contribution in [0.3, 0.4) is 0 Å². The van der Waals surface area contributed by atoms with Crippen LogP contribution in [0.25, 0.3) is 0 Å². The van der Waals surface area contributed by atoms with Gasteiger partial charge in [0.25, 0.3) is 0 Å². The predicted octanol–water partition coefficient (Wildman–Crippen LogP) is 2.47. The number of hydrogen-bond donors (Lipinski definition) is 1. The second-order valence-electron chi connectivity index (χ2n) is 7.05. The second-order valence-corrected chi connectivity index (χ2v) is 7.05. The van der Waals surface area contributed by atoms with Gasteiger partial charge in [0.2, 0.25) is 11.8 Å². The Hall–Kier alpha value is -2.86. The molecule has 6 nitrogen and oxygen atoms in total. The van der Waals surface area contributed by atoms with Gasteiger partial charge in [0.1, 0.15) is 0 Å². The normalized spacial score (nSPS) is 13.9. The van der Waals surface area contributed by atoms with Crippen LogP contribution in [0.2, 0.25) is 0 Å². The Balaban J connectivity index is 1.50. The Labute approximate surface area is 166 Å². The fraction of sp³-hybridized carbons (Fsp3) is 0.364. The first-order valence-corrected chi connectivity index (χ1v) is 9.54. The Morgan fingerprint density at radius 1 is 1.07 bits per heavy atom. The number of ether oxygens (including phenoxy) is 1. The van der Waals surface area contributed by atoms with E-state index in [9.17, 15) is 9.59 Å². The van der Waals surface area contributed by atoms with E-state index in [1.54, 1.807) is 7.05 Å². The lowest BCUT2D eigenvalue weighted by Gasteiger charge is -2.28. The molecule has 1 fully saturated rings. The number of likely N-dealkylation sites (N-methyl/N-ethyl adjacent to an activating group) is 1. The van der Waals surface area contributed by atoms with Gasteiger partial charge in [0.05, 0.1) is 26.2 Å². The molecular weight excluding hydrogens is 354 g/mol. The largest absolute Gasteiger partial charge is 0.378 e. The topological polar surface area (TPSA) is 61.9 Å². The summed E-state index contributed by atoms with van der Waals surface area (Å²) >= 11 is 0. The van der Waals surface area contributed by atoms with E-state index >= 15 is 0 Å². The lowest BCUT2D eigenvalue weighted by Crippen LogP contribution is -2.36. The lowest BCUT2D eigenvalue weighted by molar-refractivity contribution is -0.132. The molecule has 0 saturated carbocycles. The summed E-state index contributed by atoms with van der Waals surface area (Å²) in [6.45, 7) is 5.23. The third kappa shape index (κ3) is 5.33. The Kier molecular flexibility index (Phi) is 6.66. The molecule has 1 aliphatic rings. The van der Waals surface area contributed by atoms with Crippen molar-refractivity contribution in [1.82, 2.24) is 4.90 Å². The highest BCUT2D eigenvalue weighted by Gasteiger charge is 2.15. The van der Waals surface area contributed by atoms with Crippen molar-refractivity contribution in [2.24, 2.45) is 0 Å². The minimum atomic E-state index is -0.209. The maximum Gasteiger partial charge on any atom is 0.243 e. The molecule has 148 valence electrons. The molecule has 28 heavy (non-hydrogen) atoms. The zero-order valence-corrected chi connectivity index (χ0v) is 16.5. The summed E-state index contributed by atoms with van der Waals surface area (Å²) < 4.78 is 5.37. The van der Waals surface area contributed by atoms with Crippen LogP contribution in [0.15, 0.2) is 48.5 Å². The minimum absolute atomic E-state index is 0.0237. The molecule has 0 radical (unpaired) electrons. The standard InChI is InChI=1S/C22H27N3O3/c1-17-5-3-4-6-18(17)15-22(27)24(2)16-21(26)23-19-7-9-20(10-8-19)25-11-13-28-14-12-25/h3-10H,11-16H2,1-2H3,(H,23,26). The summed E-state index contributed by atoms with van der Waals surface area (Å²) in [5.41, 5.74) is 3.90. The average molecular weight is 381 g/mol. The molecule has 1 heterocycles. The third-order valence-corrected chi connectivity index (χ3v) is 4.94. The van der Waals surface area contributed by atoms with Crippen molar-refractivity contribution in [3.63, 3.8) is 0 Å². The number of anilines is 2. The van der Waals surface area contributed by atoms with Gasteiger partial charge in [-0.3, -0.25) is 9.59 Å². The number of aryl methyl sites for hydroxylation is 1. The number of carbonyl (C=O) groups excluding carboxylic acids is 2. The second kappa shape index (κ2) is 9.37. The highest BCUT2D eigenvalue weighted by Crippen LogP contribution is 2.19. The first kappa shape index (κ1) is 19.9. The number of nitrogens with zero attached hydrogens (tertiary/aromatic N) is 2. The molecule has 1 aliphatic heterocycles. The van der Waals surface area contributed by atoms with Crippen LogP contribution in [-0.4, -0.2) is 56.6 Å². The molecule has 0 atom stereocenters. The van der Waals surface area contributed by atoms with E-state index in [1.165, 1.54) is 4.90 Å². The highest BCUT2D eigenvalue weighted by atomic mass is 16.5. The molecule has 6 heteroatoms. The lowest BCUT2D eigenvalue weighted by atomic mass is 10.1.